The summed E-state index contributed by atoms with van der Waals surface area (Å²) >= 11 is 0. The molecule has 0 unspecified atom stereocenters. The molecule has 0 fully saturated rings. The zero-order valence-corrected chi connectivity index (χ0v) is 25.3. The number of rotatable bonds is 11. The van der Waals surface area contributed by atoms with Crippen LogP contribution in [0.4, 0.5) is 4.39 Å². The molecule has 45 heavy (non-hydrogen) atoms. The Kier molecular flexibility index (Phi) is 10.9. The second-order valence-electron chi connectivity index (χ2n) is 10.1. The van der Waals surface area contributed by atoms with E-state index in [4.69, 9.17) is 18.9 Å². The van der Waals surface area contributed by atoms with E-state index < -0.39 is 29.7 Å². The van der Waals surface area contributed by atoms with Crippen molar-refractivity contribution in [2.75, 3.05) is 0 Å². The van der Waals surface area contributed by atoms with E-state index in [2.05, 4.69) is 26.3 Å². The lowest BCUT2D eigenvalue weighted by atomic mass is 10.0. The molecular formula is C36H31FO8. The van der Waals surface area contributed by atoms with Crippen LogP contribution >= 0.6 is 0 Å². The predicted octanol–water partition coefficient (Wildman–Crippen LogP) is 7.59. The van der Waals surface area contributed by atoms with E-state index in [9.17, 15) is 19.2 Å². The van der Waals surface area contributed by atoms with Gasteiger partial charge in [0, 0.05) is 27.9 Å². The Balaban J connectivity index is 1.92. The zero-order valence-electron chi connectivity index (χ0n) is 25.3. The maximum absolute atomic E-state index is 15.2. The molecule has 0 saturated heterocycles. The molecule has 3 rings (SSSR count). The highest BCUT2D eigenvalue weighted by Crippen LogP contribution is 2.35. The molecule has 8 nitrogen and oxygen atoms in total. The molecule has 0 atom stereocenters. The summed E-state index contributed by atoms with van der Waals surface area (Å²) in [5.74, 6) is -3.53. The van der Waals surface area contributed by atoms with Crippen molar-refractivity contribution in [3.8, 4) is 34.1 Å². The molecule has 0 aliphatic heterocycles. The fourth-order valence-corrected chi connectivity index (χ4v) is 3.42. The largest absolute Gasteiger partial charge is 0.419 e. The summed E-state index contributed by atoms with van der Waals surface area (Å²) in [5.41, 5.74) is 2.25. The summed E-state index contributed by atoms with van der Waals surface area (Å²) in [5, 5.41) is 0. The average Bonchev–Trinajstić information content (AvgIpc) is 2.98. The summed E-state index contributed by atoms with van der Waals surface area (Å²) in [4.78, 5) is 48.5. The van der Waals surface area contributed by atoms with E-state index in [1.807, 2.05) is 0 Å². The molecule has 0 N–H and O–H groups in total. The molecule has 0 aliphatic rings. The molecule has 230 valence electrons. The van der Waals surface area contributed by atoms with Crippen LogP contribution in [0.5, 0.6) is 23.0 Å². The SMILES string of the molecule is C=C(C)C(=O)Oc1ccc(/C=C/c2ccc(-c3ccc(OC(=O)C(=C)C)c(OC(=O)C(=C)C)c3)cc2F)cc1OC(=O)C(=C)C. The van der Waals surface area contributed by atoms with Gasteiger partial charge in [-0.1, -0.05) is 62.7 Å². The van der Waals surface area contributed by atoms with Crippen LogP contribution in [0.3, 0.4) is 0 Å². The predicted molar refractivity (Wildman–Crippen MR) is 169 cm³/mol. The van der Waals surface area contributed by atoms with Crippen LogP contribution in [-0.2, 0) is 19.2 Å². The van der Waals surface area contributed by atoms with Gasteiger partial charge < -0.3 is 18.9 Å². The van der Waals surface area contributed by atoms with E-state index in [0.717, 1.165) is 0 Å². The third-order valence-corrected chi connectivity index (χ3v) is 5.91. The van der Waals surface area contributed by atoms with Gasteiger partial charge in [-0.2, -0.15) is 0 Å². The Bertz CT molecular complexity index is 1790. The number of esters is 4. The van der Waals surface area contributed by atoms with Gasteiger partial charge in [0.25, 0.3) is 0 Å². The highest BCUT2D eigenvalue weighted by atomic mass is 19.1. The quantitative estimate of drug-likeness (QED) is 0.0947. The molecule has 0 aromatic heterocycles. The molecule has 0 amide bonds. The fraction of sp³-hybridized carbons (Fsp3) is 0.111. The Hall–Kier alpha value is -5.83. The van der Waals surface area contributed by atoms with Crippen LogP contribution in [0.1, 0.15) is 38.8 Å². The van der Waals surface area contributed by atoms with Crippen molar-refractivity contribution in [2.24, 2.45) is 0 Å². The van der Waals surface area contributed by atoms with Crippen molar-refractivity contribution in [1.29, 1.82) is 0 Å². The Labute approximate surface area is 260 Å². The highest BCUT2D eigenvalue weighted by molar-refractivity contribution is 5.92. The van der Waals surface area contributed by atoms with Gasteiger partial charge in [-0.15, -0.1) is 0 Å². The van der Waals surface area contributed by atoms with Crippen LogP contribution in [-0.4, -0.2) is 23.9 Å². The first-order valence-electron chi connectivity index (χ1n) is 13.4. The first-order chi connectivity index (χ1) is 21.2. The summed E-state index contributed by atoms with van der Waals surface area (Å²) in [6.07, 6.45) is 3.10. The number of halogens is 1. The maximum Gasteiger partial charge on any atom is 0.338 e. The second kappa shape index (κ2) is 14.6. The number of hydrogen-bond donors (Lipinski definition) is 0. The Morgan fingerprint density at radius 3 is 1.40 bits per heavy atom. The van der Waals surface area contributed by atoms with E-state index in [1.165, 1.54) is 64.1 Å². The fourth-order valence-electron chi connectivity index (χ4n) is 3.42. The van der Waals surface area contributed by atoms with Crippen LogP contribution < -0.4 is 18.9 Å². The molecule has 0 saturated carbocycles. The second-order valence-corrected chi connectivity index (χ2v) is 10.1. The van der Waals surface area contributed by atoms with Crippen LogP contribution in [0.15, 0.2) is 103 Å². The van der Waals surface area contributed by atoms with Crippen molar-refractivity contribution >= 4 is 36.0 Å². The van der Waals surface area contributed by atoms with Crippen LogP contribution in [0.2, 0.25) is 0 Å². The monoisotopic (exact) mass is 610 g/mol. The van der Waals surface area contributed by atoms with E-state index in [1.54, 1.807) is 30.3 Å². The molecule has 0 aliphatic carbocycles. The third kappa shape index (κ3) is 9.08. The number of benzene rings is 3. The smallest absolute Gasteiger partial charge is 0.338 e. The van der Waals surface area contributed by atoms with E-state index >= 15 is 4.39 Å². The van der Waals surface area contributed by atoms with Crippen molar-refractivity contribution in [1.82, 2.24) is 0 Å². The zero-order chi connectivity index (χ0) is 33.4. The van der Waals surface area contributed by atoms with Crippen molar-refractivity contribution in [2.45, 2.75) is 27.7 Å². The summed E-state index contributed by atoms with van der Waals surface area (Å²) < 4.78 is 36.5. The van der Waals surface area contributed by atoms with Gasteiger partial charge in [0.05, 0.1) is 0 Å². The van der Waals surface area contributed by atoms with Gasteiger partial charge in [-0.05, 0) is 74.7 Å². The molecular weight excluding hydrogens is 579 g/mol. The number of carbonyl (C=O) groups is 4. The summed E-state index contributed by atoms with van der Waals surface area (Å²) in [6, 6.07) is 13.4. The average molecular weight is 611 g/mol. The minimum absolute atomic E-state index is 0.000931. The third-order valence-electron chi connectivity index (χ3n) is 5.91. The van der Waals surface area contributed by atoms with Gasteiger partial charge in [0.15, 0.2) is 23.0 Å². The highest BCUT2D eigenvalue weighted by Gasteiger charge is 2.18. The maximum atomic E-state index is 15.2. The number of carbonyl (C=O) groups excluding carboxylic acids is 4. The van der Waals surface area contributed by atoms with Gasteiger partial charge >= 0.3 is 23.9 Å². The molecule has 0 heterocycles. The van der Waals surface area contributed by atoms with Gasteiger partial charge in [0.2, 0.25) is 0 Å². The lowest BCUT2D eigenvalue weighted by Crippen LogP contribution is -2.12. The number of ether oxygens (including phenoxy) is 4. The lowest BCUT2D eigenvalue weighted by molar-refractivity contribution is -0.132. The first-order valence-corrected chi connectivity index (χ1v) is 13.4. The van der Waals surface area contributed by atoms with Gasteiger partial charge in [-0.25, -0.2) is 23.6 Å². The Morgan fingerprint density at radius 1 is 0.533 bits per heavy atom. The Morgan fingerprint density at radius 2 is 0.933 bits per heavy atom. The van der Waals surface area contributed by atoms with Crippen molar-refractivity contribution in [3.63, 3.8) is 0 Å². The molecule has 0 radical (unpaired) electrons. The molecule has 9 heteroatoms. The molecule has 3 aromatic rings. The first kappa shape index (κ1) is 33.7. The van der Waals surface area contributed by atoms with Crippen LogP contribution in [0.25, 0.3) is 23.3 Å². The van der Waals surface area contributed by atoms with Crippen molar-refractivity contribution < 1.29 is 42.5 Å². The topological polar surface area (TPSA) is 105 Å². The standard InChI is InChI=1S/C36H31FO8/c1-20(2)33(38)42-29-15-10-24(17-31(29)44-35(40)22(5)6)9-11-25-12-13-26(18-28(25)37)27-14-16-30(43-34(39)21(3)4)32(19-27)45-36(41)23(7)8/h9-19H,1,3,5,7H2,2,4,6,8H3/b11-9+. The minimum Gasteiger partial charge on any atom is -0.419 e. The lowest BCUT2D eigenvalue weighted by Gasteiger charge is -2.13. The summed E-state index contributed by atoms with van der Waals surface area (Å²) in [7, 11) is 0. The normalized spacial score (nSPS) is 10.5. The van der Waals surface area contributed by atoms with E-state index in [-0.39, 0.29) is 50.9 Å². The molecule has 0 spiro atoms. The molecule has 0 bridgehead atoms. The van der Waals surface area contributed by atoms with Gasteiger partial charge in [0.1, 0.15) is 5.82 Å². The summed E-state index contributed by atoms with van der Waals surface area (Å²) in [6.45, 7) is 20.1. The molecule has 3 aromatic carbocycles. The van der Waals surface area contributed by atoms with E-state index in [0.29, 0.717) is 16.7 Å². The number of hydrogen-bond acceptors (Lipinski definition) is 8. The van der Waals surface area contributed by atoms with Gasteiger partial charge in [-0.3, -0.25) is 0 Å². The van der Waals surface area contributed by atoms with Crippen LogP contribution in [0, 0.1) is 5.82 Å². The van der Waals surface area contributed by atoms with Crippen molar-refractivity contribution in [3.05, 3.63) is 120 Å². The minimum atomic E-state index is -0.731.